The van der Waals surface area contributed by atoms with Gasteiger partial charge in [-0.15, -0.1) is 0 Å². The third-order valence-electron chi connectivity index (χ3n) is 6.82. The van der Waals surface area contributed by atoms with Gasteiger partial charge in [0.05, 0.1) is 29.7 Å². The molecule has 1 aliphatic rings. The van der Waals surface area contributed by atoms with E-state index in [4.69, 9.17) is 10.5 Å². The lowest BCUT2D eigenvalue weighted by molar-refractivity contribution is -0.0108. The molecule has 4 rings (SSSR count). The standard InChI is InChI=1S/C27H33N5O3/c1-5-21-24(18-7-9-23(28)29-15-18)25(31-16-30-21)17-6-8-20(22(14-17)35-4)26(33)32-12-10-19(11-13-32)27(2,3)34/h6-9,14-16,19,34H,5,10-13H2,1-4H3,(H2,28,29). The van der Waals surface area contributed by atoms with Crippen LogP contribution in [0.1, 0.15) is 49.7 Å². The molecule has 184 valence electrons. The first kappa shape index (κ1) is 24.6. The van der Waals surface area contributed by atoms with Crippen molar-refractivity contribution in [2.45, 2.75) is 45.6 Å². The van der Waals surface area contributed by atoms with Gasteiger partial charge in [-0.3, -0.25) is 4.79 Å². The maximum absolute atomic E-state index is 13.3. The second kappa shape index (κ2) is 10.00. The van der Waals surface area contributed by atoms with Crippen LogP contribution in [-0.4, -0.2) is 56.7 Å². The number of likely N-dealkylation sites (tertiary alicyclic amines) is 1. The number of piperidine rings is 1. The van der Waals surface area contributed by atoms with Gasteiger partial charge in [0.15, 0.2) is 0 Å². The number of hydrogen-bond donors (Lipinski definition) is 2. The molecule has 2 aromatic heterocycles. The minimum atomic E-state index is -0.735. The predicted octanol–water partition coefficient (Wildman–Crippen LogP) is 3.98. The first-order valence-corrected chi connectivity index (χ1v) is 12.0. The van der Waals surface area contributed by atoms with Crippen LogP contribution in [0.3, 0.4) is 0 Å². The number of nitrogens with two attached hydrogens (primary N) is 1. The van der Waals surface area contributed by atoms with E-state index < -0.39 is 5.60 Å². The van der Waals surface area contributed by atoms with Crippen molar-refractivity contribution in [3.8, 4) is 28.1 Å². The van der Waals surface area contributed by atoms with Crippen molar-refractivity contribution >= 4 is 11.7 Å². The van der Waals surface area contributed by atoms with Gasteiger partial charge in [-0.1, -0.05) is 13.0 Å². The van der Waals surface area contributed by atoms with E-state index in [0.717, 1.165) is 47.3 Å². The Kier molecular flexibility index (Phi) is 7.03. The van der Waals surface area contributed by atoms with Gasteiger partial charge in [0, 0.05) is 36.0 Å². The third kappa shape index (κ3) is 5.12. The number of methoxy groups -OCH3 is 1. The van der Waals surface area contributed by atoms with Crippen molar-refractivity contribution in [3.05, 3.63) is 54.1 Å². The molecule has 1 fully saturated rings. The maximum atomic E-state index is 13.3. The Morgan fingerprint density at radius 2 is 1.86 bits per heavy atom. The van der Waals surface area contributed by atoms with Crippen LogP contribution in [-0.2, 0) is 6.42 Å². The SMILES string of the molecule is CCc1ncnc(-c2ccc(C(=O)N3CCC(C(C)(C)O)CC3)c(OC)c2)c1-c1ccc(N)nc1. The summed E-state index contributed by atoms with van der Waals surface area (Å²) in [7, 11) is 1.57. The molecule has 0 radical (unpaired) electrons. The van der Waals surface area contributed by atoms with Crippen LogP contribution in [0.2, 0.25) is 0 Å². The fraction of sp³-hybridized carbons (Fsp3) is 0.407. The number of benzene rings is 1. The number of aryl methyl sites for hydroxylation is 1. The quantitative estimate of drug-likeness (QED) is 0.554. The Hall–Kier alpha value is -3.52. The largest absolute Gasteiger partial charge is 0.496 e. The number of pyridine rings is 1. The number of nitrogens with zero attached hydrogens (tertiary/aromatic N) is 4. The Labute approximate surface area is 206 Å². The van der Waals surface area contributed by atoms with E-state index >= 15 is 0 Å². The molecule has 0 aliphatic carbocycles. The molecule has 8 heteroatoms. The summed E-state index contributed by atoms with van der Waals surface area (Å²) in [6, 6.07) is 9.23. The van der Waals surface area contributed by atoms with Gasteiger partial charge in [0.1, 0.15) is 17.9 Å². The van der Waals surface area contributed by atoms with E-state index in [1.54, 1.807) is 31.8 Å². The number of aromatic nitrogens is 3. The van der Waals surface area contributed by atoms with E-state index in [0.29, 0.717) is 30.2 Å². The van der Waals surface area contributed by atoms with Crippen LogP contribution < -0.4 is 10.5 Å². The highest BCUT2D eigenvalue weighted by molar-refractivity contribution is 5.98. The van der Waals surface area contributed by atoms with E-state index in [-0.39, 0.29) is 11.8 Å². The second-order valence-corrected chi connectivity index (χ2v) is 9.50. The van der Waals surface area contributed by atoms with Crippen molar-refractivity contribution in [1.82, 2.24) is 19.9 Å². The van der Waals surface area contributed by atoms with Crippen LogP contribution in [0, 0.1) is 5.92 Å². The Morgan fingerprint density at radius 3 is 2.46 bits per heavy atom. The molecule has 0 unspecified atom stereocenters. The van der Waals surface area contributed by atoms with Gasteiger partial charge < -0.3 is 20.5 Å². The molecule has 1 amide bonds. The summed E-state index contributed by atoms with van der Waals surface area (Å²) in [5.74, 6) is 1.06. The number of rotatable bonds is 6. The van der Waals surface area contributed by atoms with Crippen LogP contribution in [0.4, 0.5) is 5.82 Å². The molecule has 3 heterocycles. The molecule has 8 nitrogen and oxygen atoms in total. The van der Waals surface area contributed by atoms with Crippen molar-refractivity contribution < 1.29 is 14.6 Å². The van der Waals surface area contributed by atoms with Crippen LogP contribution in [0.25, 0.3) is 22.4 Å². The molecule has 1 saturated heterocycles. The molecular weight excluding hydrogens is 442 g/mol. The zero-order valence-electron chi connectivity index (χ0n) is 20.8. The van der Waals surface area contributed by atoms with E-state index in [2.05, 4.69) is 15.0 Å². The van der Waals surface area contributed by atoms with Crippen LogP contribution >= 0.6 is 0 Å². The zero-order valence-corrected chi connectivity index (χ0v) is 20.8. The number of carbonyl (C=O) groups excluding carboxylic acids is 1. The van der Waals surface area contributed by atoms with E-state index in [1.807, 2.05) is 43.9 Å². The number of anilines is 1. The Balaban J connectivity index is 1.67. The molecular formula is C27H33N5O3. The summed E-state index contributed by atoms with van der Waals surface area (Å²) in [6.07, 6.45) is 5.55. The van der Waals surface area contributed by atoms with Gasteiger partial charge in [0.2, 0.25) is 0 Å². The fourth-order valence-corrected chi connectivity index (χ4v) is 4.74. The highest BCUT2D eigenvalue weighted by Crippen LogP contribution is 2.36. The Bertz CT molecular complexity index is 1200. The number of hydrogen-bond acceptors (Lipinski definition) is 7. The maximum Gasteiger partial charge on any atom is 0.257 e. The predicted molar refractivity (Wildman–Crippen MR) is 136 cm³/mol. The molecule has 1 aliphatic heterocycles. The Morgan fingerprint density at radius 1 is 1.14 bits per heavy atom. The molecule has 0 atom stereocenters. The van der Waals surface area contributed by atoms with Gasteiger partial charge in [-0.2, -0.15) is 0 Å². The van der Waals surface area contributed by atoms with Crippen LogP contribution in [0.5, 0.6) is 5.75 Å². The van der Waals surface area contributed by atoms with Gasteiger partial charge in [-0.05, 0) is 63.3 Å². The molecule has 0 bridgehead atoms. The first-order chi connectivity index (χ1) is 16.7. The molecule has 35 heavy (non-hydrogen) atoms. The molecule has 3 N–H and O–H groups in total. The van der Waals surface area contributed by atoms with E-state index in [9.17, 15) is 9.90 Å². The summed E-state index contributed by atoms with van der Waals surface area (Å²) < 4.78 is 5.65. The molecule has 0 saturated carbocycles. The third-order valence-corrected chi connectivity index (χ3v) is 6.82. The lowest BCUT2D eigenvalue weighted by Crippen LogP contribution is -2.44. The lowest BCUT2D eigenvalue weighted by atomic mass is 9.83. The summed E-state index contributed by atoms with van der Waals surface area (Å²) in [5, 5.41) is 10.3. The number of ether oxygens (including phenoxy) is 1. The molecule has 3 aromatic rings. The van der Waals surface area contributed by atoms with Gasteiger partial charge >= 0.3 is 0 Å². The first-order valence-electron chi connectivity index (χ1n) is 12.0. The summed E-state index contributed by atoms with van der Waals surface area (Å²) >= 11 is 0. The van der Waals surface area contributed by atoms with Crippen molar-refractivity contribution in [1.29, 1.82) is 0 Å². The average molecular weight is 476 g/mol. The minimum Gasteiger partial charge on any atom is -0.496 e. The number of amides is 1. The second-order valence-electron chi connectivity index (χ2n) is 9.50. The van der Waals surface area contributed by atoms with Crippen molar-refractivity contribution in [2.75, 3.05) is 25.9 Å². The van der Waals surface area contributed by atoms with Gasteiger partial charge in [0.25, 0.3) is 5.91 Å². The van der Waals surface area contributed by atoms with E-state index in [1.165, 1.54) is 0 Å². The highest BCUT2D eigenvalue weighted by Gasteiger charge is 2.33. The number of nitrogen functional groups attached to an aromatic ring is 1. The molecule has 1 aromatic carbocycles. The van der Waals surface area contributed by atoms with Gasteiger partial charge in [-0.25, -0.2) is 15.0 Å². The number of aliphatic hydroxyl groups is 1. The summed E-state index contributed by atoms with van der Waals surface area (Å²) in [6.45, 7) is 6.94. The smallest absolute Gasteiger partial charge is 0.257 e. The molecule has 0 spiro atoms. The van der Waals surface area contributed by atoms with Crippen LogP contribution in [0.15, 0.2) is 42.9 Å². The van der Waals surface area contributed by atoms with Crippen molar-refractivity contribution in [2.24, 2.45) is 5.92 Å². The average Bonchev–Trinajstić information content (AvgIpc) is 2.87. The fourth-order valence-electron chi connectivity index (χ4n) is 4.74. The summed E-state index contributed by atoms with van der Waals surface area (Å²) in [5.41, 5.74) is 9.79. The minimum absolute atomic E-state index is 0.0671. The number of carbonyl (C=O) groups is 1. The lowest BCUT2D eigenvalue weighted by Gasteiger charge is -2.37. The normalized spacial score (nSPS) is 14.7. The zero-order chi connectivity index (χ0) is 25.2. The topological polar surface area (TPSA) is 114 Å². The summed E-state index contributed by atoms with van der Waals surface area (Å²) in [4.78, 5) is 28.5. The monoisotopic (exact) mass is 475 g/mol. The highest BCUT2D eigenvalue weighted by atomic mass is 16.5. The van der Waals surface area contributed by atoms with Crippen molar-refractivity contribution in [3.63, 3.8) is 0 Å².